The van der Waals surface area contributed by atoms with Crippen molar-refractivity contribution >= 4 is 11.6 Å². The van der Waals surface area contributed by atoms with Crippen LogP contribution in [0.1, 0.15) is 38.5 Å². The Hall–Kier alpha value is -1.40. The third-order valence-corrected chi connectivity index (χ3v) is 4.77. The zero-order valence-electron chi connectivity index (χ0n) is 14.0. The minimum atomic E-state index is -0.134. The van der Waals surface area contributed by atoms with Crippen LogP contribution in [0.3, 0.4) is 0 Å². The van der Waals surface area contributed by atoms with E-state index < -0.39 is 0 Å². The molecular formula is C17H29N5O. The number of nitrogens with one attached hydrogen (secondary N) is 1. The first kappa shape index (κ1) is 16.5. The Balaban J connectivity index is 1.41. The predicted octanol–water partition coefficient (Wildman–Crippen LogP) is 1.73. The maximum Gasteiger partial charge on any atom is 0.134 e. The van der Waals surface area contributed by atoms with Gasteiger partial charge >= 0.3 is 0 Å². The molecule has 3 heterocycles. The van der Waals surface area contributed by atoms with Gasteiger partial charge in [-0.25, -0.2) is 9.97 Å². The first-order valence-corrected chi connectivity index (χ1v) is 9.02. The summed E-state index contributed by atoms with van der Waals surface area (Å²) in [5.74, 6) is 1.96. The summed E-state index contributed by atoms with van der Waals surface area (Å²) in [6.45, 7) is 6.09. The van der Waals surface area contributed by atoms with Crippen molar-refractivity contribution in [2.45, 2.75) is 44.6 Å². The number of hydrogen-bond donors (Lipinski definition) is 2. The Morgan fingerprint density at radius 1 is 1.13 bits per heavy atom. The standard InChI is InChI=1S/C17H29N5O/c23-15-6-4-8-21(13-15)9-5-7-18-16-12-17(20-14-19-16)22-10-2-1-3-11-22/h12,14-15,23H,1-11,13H2,(H,18,19,20)/t15-/m1/s1. The number of anilines is 2. The van der Waals surface area contributed by atoms with Gasteiger partial charge in [0.05, 0.1) is 6.10 Å². The van der Waals surface area contributed by atoms with Gasteiger partial charge in [0.2, 0.25) is 0 Å². The molecule has 0 amide bonds. The van der Waals surface area contributed by atoms with Crippen LogP contribution in [-0.2, 0) is 0 Å². The normalized spacial score (nSPS) is 23.0. The zero-order chi connectivity index (χ0) is 15.9. The quantitative estimate of drug-likeness (QED) is 0.779. The van der Waals surface area contributed by atoms with Crippen LogP contribution in [-0.4, -0.2) is 65.3 Å². The number of aliphatic hydroxyl groups excluding tert-OH is 1. The van der Waals surface area contributed by atoms with Gasteiger partial charge in [-0.15, -0.1) is 0 Å². The van der Waals surface area contributed by atoms with E-state index in [1.165, 1.54) is 19.3 Å². The molecule has 0 aromatic carbocycles. The topological polar surface area (TPSA) is 64.5 Å². The van der Waals surface area contributed by atoms with Crippen molar-refractivity contribution in [2.24, 2.45) is 0 Å². The van der Waals surface area contributed by atoms with Crippen LogP contribution in [0.25, 0.3) is 0 Å². The molecule has 0 spiro atoms. The number of hydrogen-bond acceptors (Lipinski definition) is 6. The number of likely N-dealkylation sites (tertiary alicyclic amines) is 1. The van der Waals surface area contributed by atoms with Gasteiger partial charge in [-0.05, 0) is 51.6 Å². The fraction of sp³-hybridized carbons (Fsp3) is 0.765. The highest BCUT2D eigenvalue weighted by molar-refractivity contribution is 5.48. The second kappa shape index (κ2) is 8.45. The first-order chi connectivity index (χ1) is 11.3. The average molecular weight is 319 g/mol. The van der Waals surface area contributed by atoms with E-state index in [0.29, 0.717) is 0 Å². The van der Waals surface area contributed by atoms with E-state index in [9.17, 15) is 5.11 Å². The van der Waals surface area contributed by atoms with Crippen molar-refractivity contribution in [3.63, 3.8) is 0 Å². The van der Waals surface area contributed by atoms with Crippen LogP contribution in [0.4, 0.5) is 11.6 Å². The molecule has 2 aliphatic rings. The van der Waals surface area contributed by atoms with E-state index >= 15 is 0 Å². The van der Waals surface area contributed by atoms with Crippen molar-refractivity contribution in [3.05, 3.63) is 12.4 Å². The summed E-state index contributed by atoms with van der Waals surface area (Å²) in [6, 6.07) is 2.07. The zero-order valence-corrected chi connectivity index (χ0v) is 14.0. The van der Waals surface area contributed by atoms with Crippen molar-refractivity contribution in [3.8, 4) is 0 Å². The molecule has 23 heavy (non-hydrogen) atoms. The Morgan fingerprint density at radius 3 is 2.83 bits per heavy atom. The Morgan fingerprint density at radius 2 is 2.00 bits per heavy atom. The maximum absolute atomic E-state index is 9.69. The smallest absolute Gasteiger partial charge is 0.134 e. The summed E-state index contributed by atoms with van der Waals surface area (Å²) >= 11 is 0. The lowest BCUT2D eigenvalue weighted by Gasteiger charge is -2.30. The van der Waals surface area contributed by atoms with Gasteiger partial charge in [0.25, 0.3) is 0 Å². The number of aromatic nitrogens is 2. The van der Waals surface area contributed by atoms with Gasteiger partial charge in [0.15, 0.2) is 0 Å². The molecule has 1 aromatic heterocycles. The lowest BCUT2D eigenvalue weighted by Crippen LogP contribution is -2.39. The number of β-amino-alcohol motifs (C(OH)–C–C–N with tert-alkyl or cyclic N) is 1. The van der Waals surface area contributed by atoms with Gasteiger partial charge < -0.3 is 20.2 Å². The molecule has 2 fully saturated rings. The molecule has 3 rings (SSSR count). The van der Waals surface area contributed by atoms with E-state index in [1.807, 2.05) is 0 Å². The third kappa shape index (κ3) is 5.04. The lowest BCUT2D eigenvalue weighted by atomic mass is 10.1. The van der Waals surface area contributed by atoms with E-state index in [-0.39, 0.29) is 6.10 Å². The third-order valence-electron chi connectivity index (χ3n) is 4.77. The van der Waals surface area contributed by atoms with Crippen LogP contribution in [0, 0.1) is 0 Å². The molecule has 0 bridgehead atoms. The van der Waals surface area contributed by atoms with Crippen molar-refractivity contribution < 1.29 is 5.11 Å². The van der Waals surface area contributed by atoms with E-state index in [4.69, 9.17) is 0 Å². The fourth-order valence-electron chi connectivity index (χ4n) is 3.49. The molecule has 128 valence electrons. The number of nitrogens with zero attached hydrogens (tertiary/aromatic N) is 4. The fourth-order valence-corrected chi connectivity index (χ4v) is 3.49. The molecule has 1 atom stereocenters. The summed E-state index contributed by atoms with van der Waals surface area (Å²) in [6.07, 6.45) is 8.50. The summed E-state index contributed by atoms with van der Waals surface area (Å²) in [5.41, 5.74) is 0. The summed E-state index contributed by atoms with van der Waals surface area (Å²) in [4.78, 5) is 13.4. The maximum atomic E-state index is 9.69. The van der Waals surface area contributed by atoms with Crippen LogP contribution in [0.2, 0.25) is 0 Å². The van der Waals surface area contributed by atoms with E-state index in [2.05, 4.69) is 31.2 Å². The average Bonchev–Trinajstić information content (AvgIpc) is 2.60. The van der Waals surface area contributed by atoms with Crippen LogP contribution < -0.4 is 10.2 Å². The monoisotopic (exact) mass is 319 g/mol. The van der Waals surface area contributed by atoms with Crippen molar-refractivity contribution in [1.29, 1.82) is 0 Å². The molecule has 2 saturated heterocycles. The Labute approximate surface area is 138 Å². The SMILES string of the molecule is O[C@@H]1CCCN(CCCNc2cc(N3CCCCC3)ncn2)C1. The van der Waals surface area contributed by atoms with Crippen LogP contribution in [0.5, 0.6) is 0 Å². The van der Waals surface area contributed by atoms with Gasteiger partial charge in [0.1, 0.15) is 18.0 Å². The molecule has 2 aliphatic heterocycles. The molecule has 1 aromatic rings. The summed E-state index contributed by atoms with van der Waals surface area (Å²) in [5, 5.41) is 13.1. The second-order valence-corrected chi connectivity index (χ2v) is 6.69. The van der Waals surface area contributed by atoms with E-state index in [1.54, 1.807) is 6.33 Å². The van der Waals surface area contributed by atoms with Gasteiger partial charge in [0, 0.05) is 32.2 Å². The highest BCUT2D eigenvalue weighted by atomic mass is 16.3. The number of aliphatic hydroxyl groups is 1. The highest BCUT2D eigenvalue weighted by Crippen LogP contribution is 2.19. The van der Waals surface area contributed by atoms with Crippen LogP contribution >= 0.6 is 0 Å². The largest absolute Gasteiger partial charge is 0.392 e. The number of piperidine rings is 2. The molecule has 0 saturated carbocycles. The summed E-state index contributed by atoms with van der Waals surface area (Å²) in [7, 11) is 0. The molecule has 0 radical (unpaired) electrons. The van der Waals surface area contributed by atoms with E-state index in [0.717, 1.165) is 70.2 Å². The lowest BCUT2D eigenvalue weighted by molar-refractivity contribution is 0.0706. The van der Waals surface area contributed by atoms with Gasteiger partial charge in [-0.2, -0.15) is 0 Å². The molecule has 0 aliphatic carbocycles. The van der Waals surface area contributed by atoms with Crippen molar-refractivity contribution in [2.75, 3.05) is 49.5 Å². The molecule has 6 nitrogen and oxygen atoms in total. The molecule has 2 N–H and O–H groups in total. The van der Waals surface area contributed by atoms with Gasteiger partial charge in [-0.1, -0.05) is 0 Å². The molecular weight excluding hydrogens is 290 g/mol. The van der Waals surface area contributed by atoms with Crippen LogP contribution in [0.15, 0.2) is 12.4 Å². The Kier molecular flexibility index (Phi) is 6.05. The molecule has 0 unspecified atom stereocenters. The number of rotatable bonds is 6. The minimum absolute atomic E-state index is 0.134. The predicted molar refractivity (Wildman–Crippen MR) is 92.9 cm³/mol. The second-order valence-electron chi connectivity index (χ2n) is 6.69. The van der Waals surface area contributed by atoms with Gasteiger partial charge in [-0.3, -0.25) is 0 Å². The Bertz CT molecular complexity index is 478. The van der Waals surface area contributed by atoms with Crippen molar-refractivity contribution in [1.82, 2.24) is 14.9 Å². The molecule has 6 heteroatoms. The first-order valence-electron chi connectivity index (χ1n) is 9.02. The minimum Gasteiger partial charge on any atom is -0.392 e. The summed E-state index contributed by atoms with van der Waals surface area (Å²) < 4.78 is 0. The highest BCUT2D eigenvalue weighted by Gasteiger charge is 2.16.